The van der Waals surface area contributed by atoms with Crippen LogP contribution in [0.3, 0.4) is 0 Å². The average Bonchev–Trinajstić information content (AvgIpc) is 2.82. The molecule has 1 heterocycles. The van der Waals surface area contributed by atoms with Gasteiger partial charge in [0.15, 0.2) is 0 Å². The van der Waals surface area contributed by atoms with Crippen molar-refractivity contribution in [2.45, 2.75) is 0 Å². The number of halogens is 1. The molecule has 1 aromatic heterocycles. The third kappa shape index (κ3) is 1.97. The molecule has 0 saturated heterocycles. The van der Waals surface area contributed by atoms with Gasteiger partial charge in [0.2, 0.25) is 0 Å². The zero-order chi connectivity index (χ0) is 13.2. The van der Waals surface area contributed by atoms with Crippen LogP contribution in [0.2, 0.25) is 0 Å². The van der Waals surface area contributed by atoms with Gasteiger partial charge >= 0.3 is 5.69 Å². The molecule has 0 amide bonds. The van der Waals surface area contributed by atoms with E-state index >= 15 is 0 Å². The molecule has 3 aromatic rings. The number of aromatic nitrogens is 2. The molecule has 1 N–H and O–H groups in total. The van der Waals surface area contributed by atoms with E-state index < -0.39 is 5.82 Å². The van der Waals surface area contributed by atoms with Crippen molar-refractivity contribution in [3.8, 4) is 16.9 Å². The summed E-state index contributed by atoms with van der Waals surface area (Å²) in [5.41, 5.74) is 1.37. The first-order chi connectivity index (χ1) is 9.27. The predicted molar refractivity (Wildman–Crippen MR) is 71.8 cm³/mol. The monoisotopic (exact) mass is 254 g/mol. The summed E-state index contributed by atoms with van der Waals surface area (Å²) in [6.45, 7) is 0. The third-order valence-corrected chi connectivity index (χ3v) is 2.94. The number of imidazole rings is 1. The fraction of sp³-hybridized carbons (Fsp3) is 0. The van der Waals surface area contributed by atoms with Crippen LogP contribution in [-0.4, -0.2) is 9.55 Å². The molecule has 0 saturated carbocycles. The van der Waals surface area contributed by atoms with Crippen LogP contribution in [0.4, 0.5) is 4.39 Å². The Hall–Kier alpha value is -2.62. The van der Waals surface area contributed by atoms with Crippen molar-refractivity contribution >= 4 is 0 Å². The maximum Gasteiger partial charge on any atom is 0.330 e. The van der Waals surface area contributed by atoms with Gasteiger partial charge in [-0.25, -0.2) is 9.18 Å². The van der Waals surface area contributed by atoms with Gasteiger partial charge in [0.05, 0.1) is 11.4 Å². The summed E-state index contributed by atoms with van der Waals surface area (Å²) in [6, 6.07) is 15.6. The lowest BCUT2D eigenvalue weighted by Crippen LogP contribution is -2.16. The van der Waals surface area contributed by atoms with Gasteiger partial charge in [-0.1, -0.05) is 42.5 Å². The van der Waals surface area contributed by atoms with E-state index in [0.29, 0.717) is 5.69 Å². The van der Waals surface area contributed by atoms with Gasteiger partial charge in [-0.3, -0.25) is 4.57 Å². The Kier molecular flexibility index (Phi) is 2.76. The third-order valence-electron chi connectivity index (χ3n) is 2.94. The van der Waals surface area contributed by atoms with Crippen molar-refractivity contribution in [1.82, 2.24) is 9.55 Å². The lowest BCUT2D eigenvalue weighted by molar-refractivity contribution is 0.617. The molecule has 0 aliphatic carbocycles. The molecule has 2 aromatic carbocycles. The quantitative estimate of drug-likeness (QED) is 0.750. The number of hydrogen-bond donors (Lipinski definition) is 1. The molecule has 0 bridgehead atoms. The zero-order valence-electron chi connectivity index (χ0n) is 10.0. The van der Waals surface area contributed by atoms with Crippen LogP contribution in [0.25, 0.3) is 16.9 Å². The molecule has 0 fully saturated rings. The summed E-state index contributed by atoms with van der Waals surface area (Å²) in [7, 11) is 0. The topological polar surface area (TPSA) is 37.8 Å². The van der Waals surface area contributed by atoms with Crippen LogP contribution in [0.15, 0.2) is 65.6 Å². The van der Waals surface area contributed by atoms with Crippen LogP contribution in [0.5, 0.6) is 0 Å². The number of para-hydroxylation sites is 1. The Balaban J connectivity index is 2.26. The summed E-state index contributed by atoms with van der Waals surface area (Å²) in [6.07, 6.45) is 1.59. The number of aromatic amines is 1. The number of hydrogen-bond acceptors (Lipinski definition) is 1. The highest BCUT2D eigenvalue weighted by Crippen LogP contribution is 2.21. The summed E-state index contributed by atoms with van der Waals surface area (Å²) in [4.78, 5) is 14.5. The summed E-state index contributed by atoms with van der Waals surface area (Å²) >= 11 is 0. The summed E-state index contributed by atoms with van der Waals surface area (Å²) in [5, 5.41) is 0. The van der Waals surface area contributed by atoms with Gasteiger partial charge in [-0.2, -0.15) is 0 Å². The van der Waals surface area contributed by atoms with Crippen molar-refractivity contribution < 1.29 is 4.39 Å². The van der Waals surface area contributed by atoms with Gasteiger partial charge in [0.25, 0.3) is 0 Å². The van der Waals surface area contributed by atoms with Crippen LogP contribution < -0.4 is 5.69 Å². The lowest BCUT2D eigenvalue weighted by Gasteiger charge is -2.08. The maximum absolute atomic E-state index is 13.9. The summed E-state index contributed by atoms with van der Waals surface area (Å²) < 4.78 is 15.2. The normalized spacial score (nSPS) is 10.6. The Labute approximate surface area is 109 Å². The molecule has 0 aliphatic rings. The molecular formula is C15H11FN2O. The minimum absolute atomic E-state index is 0.243. The number of nitrogens with one attached hydrogen (secondary N) is 1. The smallest absolute Gasteiger partial charge is 0.312 e. The molecule has 3 rings (SSSR count). The van der Waals surface area contributed by atoms with E-state index in [4.69, 9.17) is 0 Å². The molecule has 0 aliphatic heterocycles. The number of rotatable bonds is 2. The first-order valence-corrected chi connectivity index (χ1v) is 5.88. The fourth-order valence-electron chi connectivity index (χ4n) is 2.06. The van der Waals surface area contributed by atoms with Crippen molar-refractivity contribution in [3.63, 3.8) is 0 Å². The van der Waals surface area contributed by atoms with Crippen LogP contribution in [-0.2, 0) is 0 Å². The van der Waals surface area contributed by atoms with Crippen molar-refractivity contribution in [1.29, 1.82) is 0 Å². The van der Waals surface area contributed by atoms with E-state index in [9.17, 15) is 9.18 Å². The highest BCUT2D eigenvalue weighted by Gasteiger charge is 2.12. The van der Waals surface area contributed by atoms with E-state index in [0.717, 1.165) is 5.56 Å². The molecule has 0 spiro atoms. The molecule has 0 unspecified atom stereocenters. The first kappa shape index (κ1) is 11.5. The average molecular weight is 254 g/mol. The molecule has 19 heavy (non-hydrogen) atoms. The fourth-order valence-corrected chi connectivity index (χ4v) is 2.06. The highest BCUT2D eigenvalue weighted by molar-refractivity contribution is 5.61. The SMILES string of the molecule is O=c1[nH]cc(-c2ccccc2)n1-c1ccccc1F. The van der Waals surface area contributed by atoms with E-state index in [1.54, 1.807) is 24.4 Å². The number of benzene rings is 2. The maximum atomic E-state index is 13.9. The Morgan fingerprint density at radius 2 is 1.63 bits per heavy atom. The second-order valence-corrected chi connectivity index (χ2v) is 4.13. The van der Waals surface area contributed by atoms with Crippen molar-refractivity contribution in [2.24, 2.45) is 0 Å². The van der Waals surface area contributed by atoms with Crippen LogP contribution >= 0.6 is 0 Å². The van der Waals surface area contributed by atoms with Gasteiger partial charge in [0, 0.05) is 11.8 Å². The largest absolute Gasteiger partial charge is 0.330 e. The molecule has 94 valence electrons. The van der Waals surface area contributed by atoms with Gasteiger partial charge in [-0.05, 0) is 12.1 Å². The standard InChI is InChI=1S/C15H11FN2O/c16-12-8-4-5-9-13(12)18-14(10-17-15(18)19)11-6-2-1-3-7-11/h1-10H,(H,17,19). The van der Waals surface area contributed by atoms with Crippen LogP contribution in [0, 0.1) is 5.82 Å². The molecule has 0 atom stereocenters. The molecule has 0 radical (unpaired) electrons. The Bertz CT molecular complexity index is 759. The van der Waals surface area contributed by atoms with Gasteiger partial charge in [-0.15, -0.1) is 0 Å². The molecule has 4 heteroatoms. The van der Waals surface area contributed by atoms with E-state index in [1.807, 2.05) is 30.3 Å². The van der Waals surface area contributed by atoms with Crippen molar-refractivity contribution in [2.75, 3.05) is 0 Å². The summed E-state index contributed by atoms with van der Waals surface area (Å²) in [5.74, 6) is -0.429. The lowest BCUT2D eigenvalue weighted by atomic mass is 10.1. The Morgan fingerprint density at radius 1 is 0.947 bits per heavy atom. The van der Waals surface area contributed by atoms with E-state index in [2.05, 4.69) is 4.98 Å². The molecular weight excluding hydrogens is 243 g/mol. The second kappa shape index (κ2) is 4.57. The molecule has 3 nitrogen and oxygen atoms in total. The van der Waals surface area contributed by atoms with Gasteiger partial charge in [0.1, 0.15) is 5.82 Å². The van der Waals surface area contributed by atoms with Crippen molar-refractivity contribution in [3.05, 3.63) is 77.1 Å². The Morgan fingerprint density at radius 3 is 2.37 bits per heavy atom. The van der Waals surface area contributed by atoms with Gasteiger partial charge < -0.3 is 4.98 Å². The number of H-pyrrole nitrogens is 1. The predicted octanol–water partition coefficient (Wildman–Crippen LogP) is 2.97. The number of nitrogens with zero attached hydrogens (tertiary/aromatic N) is 1. The van der Waals surface area contributed by atoms with E-state index in [1.165, 1.54) is 10.6 Å². The minimum Gasteiger partial charge on any atom is -0.312 e. The first-order valence-electron chi connectivity index (χ1n) is 5.88. The zero-order valence-corrected chi connectivity index (χ0v) is 10.0. The minimum atomic E-state index is -0.429. The van der Waals surface area contributed by atoms with Crippen LogP contribution in [0.1, 0.15) is 0 Å². The second-order valence-electron chi connectivity index (χ2n) is 4.13. The van der Waals surface area contributed by atoms with E-state index in [-0.39, 0.29) is 11.4 Å². The highest BCUT2D eigenvalue weighted by atomic mass is 19.1.